The monoisotopic (exact) mass is 217 g/mol. The molecular formula is C8H6F3N3O. The lowest BCUT2D eigenvalue weighted by Crippen LogP contribution is -2.19. The van der Waals surface area contributed by atoms with Gasteiger partial charge in [-0.15, -0.1) is 13.2 Å². The Kier molecular flexibility index (Phi) is 2.70. The molecule has 0 aliphatic rings. The topological polar surface area (TPSA) is 71.9 Å². The highest BCUT2D eigenvalue weighted by atomic mass is 19.4. The van der Waals surface area contributed by atoms with Gasteiger partial charge in [0.05, 0.1) is 11.9 Å². The maximum Gasteiger partial charge on any atom is 0.573 e. The standard InChI is InChI=1S/C8H6F3N3O/c1-4-6(2-12)14-3-5(13)7(4)15-8(9,10)11/h3H,13H2,1H3. The van der Waals surface area contributed by atoms with Crippen molar-refractivity contribution in [1.82, 2.24) is 4.98 Å². The predicted molar refractivity (Wildman–Crippen MR) is 44.8 cm³/mol. The van der Waals surface area contributed by atoms with E-state index in [0.29, 0.717) is 0 Å². The van der Waals surface area contributed by atoms with Gasteiger partial charge < -0.3 is 10.5 Å². The summed E-state index contributed by atoms with van der Waals surface area (Å²) in [6.07, 6.45) is -3.89. The second kappa shape index (κ2) is 3.65. The third kappa shape index (κ3) is 2.49. The van der Waals surface area contributed by atoms with Crippen LogP contribution in [0.4, 0.5) is 18.9 Å². The van der Waals surface area contributed by atoms with Gasteiger partial charge in [0, 0.05) is 5.56 Å². The lowest BCUT2D eigenvalue weighted by molar-refractivity contribution is -0.274. The molecule has 80 valence electrons. The molecule has 0 radical (unpaired) electrons. The number of nitrogen functional groups attached to an aromatic ring is 1. The normalized spacial score (nSPS) is 10.9. The molecule has 0 fully saturated rings. The Bertz CT molecular complexity index is 422. The molecule has 1 aromatic heterocycles. The van der Waals surface area contributed by atoms with Crippen LogP contribution in [0.2, 0.25) is 0 Å². The molecule has 1 aromatic rings. The maximum absolute atomic E-state index is 12.0. The fourth-order valence-corrected chi connectivity index (χ4v) is 0.978. The molecular weight excluding hydrogens is 211 g/mol. The molecule has 0 saturated carbocycles. The van der Waals surface area contributed by atoms with Gasteiger partial charge in [-0.25, -0.2) is 4.98 Å². The Labute approximate surface area is 83.1 Å². The Morgan fingerprint density at radius 2 is 2.13 bits per heavy atom. The van der Waals surface area contributed by atoms with Gasteiger partial charge in [-0.2, -0.15) is 5.26 Å². The number of anilines is 1. The Balaban J connectivity index is 3.23. The van der Waals surface area contributed by atoms with E-state index >= 15 is 0 Å². The summed E-state index contributed by atoms with van der Waals surface area (Å²) in [7, 11) is 0. The molecule has 7 heteroatoms. The molecule has 4 nitrogen and oxygen atoms in total. The first-order chi connectivity index (χ1) is 6.85. The Morgan fingerprint density at radius 1 is 1.53 bits per heavy atom. The van der Waals surface area contributed by atoms with Crippen LogP contribution in [0.3, 0.4) is 0 Å². The quantitative estimate of drug-likeness (QED) is 0.777. The van der Waals surface area contributed by atoms with Crippen LogP contribution in [0.15, 0.2) is 6.20 Å². The molecule has 0 aromatic carbocycles. The molecule has 2 N–H and O–H groups in total. The minimum atomic E-state index is -4.84. The minimum absolute atomic E-state index is 0.0326. The molecule has 15 heavy (non-hydrogen) atoms. The number of nitriles is 1. The second-order valence-electron chi connectivity index (χ2n) is 2.68. The third-order valence-electron chi connectivity index (χ3n) is 1.61. The van der Waals surface area contributed by atoms with E-state index in [1.807, 2.05) is 0 Å². The summed E-state index contributed by atoms with van der Waals surface area (Å²) in [5, 5.41) is 8.54. The molecule has 0 amide bonds. The van der Waals surface area contributed by atoms with Gasteiger partial charge in [-0.05, 0) is 6.92 Å². The van der Waals surface area contributed by atoms with E-state index in [0.717, 1.165) is 6.20 Å². The molecule has 0 aliphatic carbocycles. The van der Waals surface area contributed by atoms with Crippen LogP contribution < -0.4 is 10.5 Å². The zero-order chi connectivity index (χ0) is 11.6. The maximum atomic E-state index is 12.0. The van der Waals surface area contributed by atoms with Crippen LogP contribution in [0, 0.1) is 18.3 Å². The van der Waals surface area contributed by atoms with E-state index in [1.54, 1.807) is 6.07 Å². The van der Waals surface area contributed by atoms with Crippen LogP contribution in [-0.4, -0.2) is 11.3 Å². The molecule has 0 bridgehead atoms. The van der Waals surface area contributed by atoms with Crippen LogP contribution >= 0.6 is 0 Å². The third-order valence-corrected chi connectivity index (χ3v) is 1.61. The number of rotatable bonds is 1. The molecule has 0 atom stereocenters. The summed E-state index contributed by atoms with van der Waals surface area (Å²) in [5.41, 5.74) is 4.81. The smallest absolute Gasteiger partial charge is 0.403 e. The number of alkyl halides is 3. The number of nitrogens with zero attached hydrogens (tertiary/aromatic N) is 2. The number of nitrogens with two attached hydrogens (primary N) is 1. The predicted octanol–water partition coefficient (Wildman–Crippen LogP) is 1.74. The van der Waals surface area contributed by atoms with Gasteiger partial charge in [-0.1, -0.05) is 0 Å². The fourth-order valence-electron chi connectivity index (χ4n) is 0.978. The highest BCUT2D eigenvalue weighted by Crippen LogP contribution is 2.32. The van der Waals surface area contributed by atoms with Crippen molar-refractivity contribution in [1.29, 1.82) is 5.26 Å². The first-order valence-corrected chi connectivity index (χ1v) is 3.76. The largest absolute Gasteiger partial charge is 0.573 e. The van der Waals surface area contributed by atoms with Crippen LogP contribution in [-0.2, 0) is 0 Å². The van der Waals surface area contributed by atoms with Crippen LogP contribution in [0.1, 0.15) is 11.3 Å². The molecule has 1 heterocycles. The molecule has 0 unspecified atom stereocenters. The number of hydrogen-bond donors (Lipinski definition) is 1. The zero-order valence-corrected chi connectivity index (χ0v) is 7.59. The molecule has 0 aliphatic heterocycles. The highest BCUT2D eigenvalue weighted by molar-refractivity contribution is 5.58. The number of halogens is 3. The van der Waals surface area contributed by atoms with E-state index in [9.17, 15) is 13.2 Å². The fraction of sp³-hybridized carbons (Fsp3) is 0.250. The summed E-state index contributed by atoms with van der Waals surface area (Å²) in [6.45, 7) is 1.28. The van der Waals surface area contributed by atoms with Crippen molar-refractivity contribution in [2.45, 2.75) is 13.3 Å². The van der Waals surface area contributed by atoms with Crippen molar-refractivity contribution < 1.29 is 17.9 Å². The van der Waals surface area contributed by atoms with Crippen molar-refractivity contribution in [3.63, 3.8) is 0 Å². The van der Waals surface area contributed by atoms with Crippen molar-refractivity contribution in [3.05, 3.63) is 17.5 Å². The summed E-state index contributed by atoms with van der Waals surface area (Å²) >= 11 is 0. The lowest BCUT2D eigenvalue weighted by Gasteiger charge is -2.13. The van der Waals surface area contributed by atoms with E-state index in [1.165, 1.54) is 6.92 Å². The number of hydrogen-bond acceptors (Lipinski definition) is 4. The van der Waals surface area contributed by atoms with Crippen molar-refractivity contribution in [2.24, 2.45) is 0 Å². The molecule has 0 saturated heterocycles. The average Bonchev–Trinajstić information content (AvgIpc) is 2.11. The van der Waals surface area contributed by atoms with Gasteiger partial charge in [0.1, 0.15) is 11.8 Å². The minimum Gasteiger partial charge on any atom is -0.403 e. The Morgan fingerprint density at radius 3 is 2.60 bits per heavy atom. The Hall–Kier alpha value is -1.97. The van der Waals surface area contributed by atoms with Gasteiger partial charge in [0.25, 0.3) is 0 Å². The average molecular weight is 217 g/mol. The summed E-state index contributed by atoms with van der Waals surface area (Å²) in [4.78, 5) is 3.55. The summed E-state index contributed by atoms with van der Waals surface area (Å²) in [5.74, 6) is -0.575. The SMILES string of the molecule is Cc1c(C#N)ncc(N)c1OC(F)(F)F. The number of aromatic nitrogens is 1. The second-order valence-corrected chi connectivity index (χ2v) is 2.68. The number of pyridine rings is 1. The van der Waals surface area contributed by atoms with Gasteiger partial charge in [-0.3, -0.25) is 0 Å². The summed E-state index contributed by atoms with van der Waals surface area (Å²) < 4.78 is 39.6. The zero-order valence-electron chi connectivity index (χ0n) is 7.59. The molecule has 0 spiro atoms. The van der Waals surface area contributed by atoms with E-state index in [4.69, 9.17) is 11.0 Å². The van der Waals surface area contributed by atoms with Gasteiger partial charge in [0.2, 0.25) is 0 Å². The summed E-state index contributed by atoms with van der Waals surface area (Å²) in [6, 6.07) is 1.63. The number of ether oxygens (including phenoxy) is 1. The van der Waals surface area contributed by atoms with Crippen LogP contribution in [0.25, 0.3) is 0 Å². The van der Waals surface area contributed by atoms with Crippen LogP contribution in [0.5, 0.6) is 5.75 Å². The highest BCUT2D eigenvalue weighted by Gasteiger charge is 2.33. The van der Waals surface area contributed by atoms with Crippen molar-refractivity contribution in [3.8, 4) is 11.8 Å². The van der Waals surface area contributed by atoms with E-state index in [2.05, 4.69) is 9.72 Å². The molecule has 1 rings (SSSR count). The first-order valence-electron chi connectivity index (χ1n) is 3.76. The van der Waals surface area contributed by atoms with E-state index in [-0.39, 0.29) is 16.9 Å². The van der Waals surface area contributed by atoms with Gasteiger partial charge in [0.15, 0.2) is 5.75 Å². The lowest BCUT2D eigenvalue weighted by atomic mass is 10.2. The van der Waals surface area contributed by atoms with Crippen molar-refractivity contribution >= 4 is 5.69 Å². The van der Waals surface area contributed by atoms with E-state index < -0.39 is 12.1 Å². The first kappa shape index (κ1) is 11.1. The van der Waals surface area contributed by atoms with Crippen molar-refractivity contribution in [2.75, 3.05) is 5.73 Å². The van der Waals surface area contributed by atoms with Gasteiger partial charge >= 0.3 is 6.36 Å².